The summed E-state index contributed by atoms with van der Waals surface area (Å²) in [6.07, 6.45) is 1.20. The van der Waals surface area contributed by atoms with Crippen LogP contribution in [0.5, 0.6) is 5.88 Å². The number of aromatic amines is 2. The first-order chi connectivity index (χ1) is 12.9. The average molecular weight is 380 g/mol. The molecular weight excluding hydrogens is 368 g/mol. The van der Waals surface area contributed by atoms with Gasteiger partial charge in [-0.3, -0.25) is 29.3 Å². The molecule has 0 saturated carbocycles. The number of benzene rings is 2. The van der Waals surface area contributed by atoms with E-state index in [1.54, 1.807) is 30.3 Å². The smallest absolute Gasteiger partial charge is 0.264 e. The highest BCUT2D eigenvalue weighted by atomic mass is 32.1. The lowest BCUT2D eigenvalue weighted by Crippen LogP contribution is -2.36. The van der Waals surface area contributed by atoms with Crippen molar-refractivity contribution >= 4 is 46.7 Å². The topological polar surface area (TPSA) is 119 Å². The second kappa shape index (κ2) is 5.99. The van der Waals surface area contributed by atoms with Crippen molar-refractivity contribution in [2.45, 2.75) is 0 Å². The summed E-state index contributed by atoms with van der Waals surface area (Å²) in [5, 5.41) is 11.0. The Morgan fingerprint density at radius 1 is 1.07 bits per heavy atom. The van der Waals surface area contributed by atoms with Crippen LogP contribution < -0.4 is 5.56 Å². The Morgan fingerprint density at radius 3 is 2.48 bits per heavy atom. The Bertz CT molecular complexity index is 1270. The molecule has 0 fully saturated rings. The number of aliphatic imine (C=N–C) groups is 1. The number of H-pyrrole nitrogens is 2. The van der Waals surface area contributed by atoms with E-state index in [1.165, 1.54) is 13.3 Å². The average Bonchev–Trinajstić information content (AvgIpc) is 2.64. The van der Waals surface area contributed by atoms with Crippen molar-refractivity contribution in [3.63, 3.8) is 0 Å². The van der Waals surface area contributed by atoms with Crippen molar-refractivity contribution in [3.8, 4) is 5.88 Å². The minimum Gasteiger partial charge on any atom is -0.494 e. The Labute approximate surface area is 156 Å². The van der Waals surface area contributed by atoms with Gasteiger partial charge < -0.3 is 10.1 Å². The van der Waals surface area contributed by atoms with Crippen LogP contribution in [0, 0.1) is 4.77 Å². The van der Waals surface area contributed by atoms with Crippen LogP contribution in [-0.2, 0) is 0 Å². The lowest BCUT2D eigenvalue weighted by molar-refractivity contribution is 0.0650. The second-order valence-electron chi connectivity index (χ2n) is 5.96. The maximum atomic E-state index is 12.4. The van der Waals surface area contributed by atoms with Gasteiger partial charge in [0.2, 0.25) is 5.88 Å². The lowest BCUT2D eigenvalue weighted by atomic mass is 9.93. The number of aromatic hydroxyl groups is 1. The molecule has 134 valence electrons. The van der Waals surface area contributed by atoms with Gasteiger partial charge in [-0.05, 0) is 30.4 Å². The van der Waals surface area contributed by atoms with Gasteiger partial charge in [-0.1, -0.05) is 12.1 Å². The molecule has 2 heterocycles. The van der Waals surface area contributed by atoms with Gasteiger partial charge in [0.1, 0.15) is 5.56 Å². The summed E-state index contributed by atoms with van der Waals surface area (Å²) in [5.74, 6) is -1.17. The van der Waals surface area contributed by atoms with Gasteiger partial charge in [0, 0.05) is 35.2 Å². The molecule has 2 aromatic carbocycles. The Hall–Kier alpha value is -3.59. The third-order valence-electron chi connectivity index (χ3n) is 4.38. The van der Waals surface area contributed by atoms with Crippen LogP contribution in [0.4, 0.5) is 5.69 Å². The Kier molecular flexibility index (Phi) is 3.74. The minimum absolute atomic E-state index is 0.00243. The Balaban J connectivity index is 1.92. The van der Waals surface area contributed by atoms with Gasteiger partial charge in [0.05, 0.1) is 5.69 Å². The van der Waals surface area contributed by atoms with E-state index in [0.717, 1.165) is 4.90 Å². The predicted octanol–water partition coefficient (Wildman–Crippen LogP) is 2.27. The van der Waals surface area contributed by atoms with Crippen LogP contribution in [0.25, 0.3) is 10.8 Å². The summed E-state index contributed by atoms with van der Waals surface area (Å²) in [7, 11) is 1.44. The van der Waals surface area contributed by atoms with E-state index < -0.39 is 11.4 Å². The molecular formula is C18H12N4O4S. The number of aromatic nitrogens is 2. The van der Waals surface area contributed by atoms with Crippen LogP contribution in [0.3, 0.4) is 0 Å². The third-order valence-corrected chi connectivity index (χ3v) is 4.58. The highest BCUT2D eigenvalue weighted by molar-refractivity contribution is 7.71. The summed E-state index contributed by atoms with van der Waals surface area (Å²) in [4.78, 5) is 46.9. The van der Waals surface area contributed by atoms with Gasteiger partial charge in [0.25, 0.3) is 17.4 Å². The fourth-order valence-corrected chi connectivity index (χ4v) is 3.24. The van der Waals surface area contributed by atoms with Crippen LogP contribution in [-0.4, -0.2) is 45.1 Å². The monoisotopic (exact) mass is 380 g/mol. The maximum Gasteiger partial charge on any atom is 0.264 e. The van der Waals surface area contributed by atoms with E-state index in [0.29, 0.717) is 27.6 Å². The first-order valence-corrected chi connectivity index (χ1v) is 8.27. The van der Waals surface area contributed by atoms with Crippen LogP contribution >= 0.6 is 12.2 Å². The van der Waals surface area contributed by atoms with E-state index >= 15 is 0 Å². The highest BCUT2D eigenvalue weighted by Crippen LogP contribution is 2.35. The molecule has 9 heteroatoms. The van der Waals surface area contributed by atoms with Gasteiger partial charge >= 0.3 is 0 Å². The van der Waals surface area contributed by atoms with Crippen LogP contribution in [0.15, 0.2) is 40.1 Å². The largest absolute Gasteiger partial charge is 0.494 e. The van der Waals surface area contributed by atoms with Crippen LogP contribution in [0.1, 0.15) is 26.3 Å². The zero-order chi connectivity index (χ0) is 19.3. The highest BCUT2D eigenvalue weighted by Gasteiger charge is 2.30. The third kappa shape index (κ3) is 2.56. The molecule has 0 aliphatic carbocycles. The van der Waals surface area contributed by atoms with Crippen molar-refractivity contribution in [2.24, 2.45) is 4.99 Å². The van der Waals surface area contributed by atoms with Gasteiger partial charge in [-0.15, -0.1) is 0 Å². The molecule has 0 radical (unpaired) electrons. The quantitative estimate of drug-likeness (QED) is 0.358. The molecule has 8 nitrogen and oxygen atoms in total. The molecule has 4 rings (SSSR count). The number of carbonyl (C=O) groups excluding carboxylic acids is 2. The molecule has 0 unspecified atom stereocenters. The molecule has 3 N–H and O–H groups in total. The fraction of sp³-hybridized carbons (Fsp3) is 0.0556. The van der Waals surface area contributed by atoms with Crippen molar-refractivity contribution < 1.29 is 14.7 Å². The number of imide groups is 1. The Morgan fingerprint density at radius 2 is 1.78 bits per heavy atom. The molecule has 1 aliphatic heterocycles. The standard InChI is InChI=1S/C18H12N4O4S/c1-22-16(25)9-4-2-3-8-12(6-5-10(13(8)9)17(22)26)19-7-11-14(23)20-18(27)21-15(11)24/h2-7H,1H3,(H3,20,21,23,24,27). The fourth-order valence-electron chi connectivity index (χ4n) is 3.05. The summed E-state index contributed by atoms with van der Waals surface area (Å²) in [6, 6.07) is 8.30. The van der Waals surface area contributed by atoms with E-state index in [2.05, 4.69) is 15.0 Å². The molecule has 0 bridgehead atoms. The molecule has 1 aromatic heterocycles. The summed E-state index contributed by atoms with van der Waals surface area (Å²) >= 11 is 4.78. The molecule has 3 aromatic rings. The summed E-state index contributed by atoms with van der Waals surface area (Å²) in [6.45, 7) is 0. The van der Waals surface area contributed by atoms with E-state index in [9.17, 15) is 19.5 Å². The number of hydrogen-bond acceptors (Lipinski definition) is 6. The number of nitrogens with zero attached hydrogens (tertiary/aromatic N) is 2. The molecule has 1 aliphatic rings. The van der Waals surface area contributed by atoms with E-state index in [4.69, 9.17) is 12.2 Å². The van der Waals surface area contributed by atoms with E-state index in [-0.39, 0.29) is 22.1 Å². The zero-order valence-corrected chi connectivity index (χ0v) is 14.8. The van der Waals surface area contributed by atoms with Crippen LogP contribution in [0.2, 0.25) is 0 Å². The van der Waals surface area contributed by atoms with Gasteiger partial charge in [-0.25, -0.2) is 0 Å². The summed E-state index contributed by atoms with van der Waals surface area (Å²) in [5.41, 5.74) is 0.588. The van der Waals surface area contributed by atoms with Crippen molar-refractivity contribution in [1.82, 2.24) is 14.9 Å². The van der Waals surface area contributed by atoms with Crippen molar-refractivity contribution in [3.05, 3.63) is 62.1 Å². The first kappa shape index (κ1) is 16.9. The number of nitrogens with one attached hydrogen (secondary N) is 2. The summed E-state index contributed by atoms with van der Waals surface area (Å²) < 4.78 is -0.00243. The number of hydrogen-bond donors (Lipinski definition) is 3. The normalized spacial score (nSPS) is 13.7. The molecule has 0 spiro atoms. The van der Waals surface area contributed by atoms with Gasteiger partial charge in [0.15, 0.2) is 4.77 Å². The van der Waals surface area contributed by atoms with Crippen molar-refractivity contribution in [1.29, 1.82) is 0 Å². The SMILES string of the molecule is CN1C(=O)c2cccc3c(N=Cc4c(O)[nH]c(=S)[nH]c4=O)ccc(c23)C1=O. The molecule has 0 atom stereocenters. The molecule has 0 saturated heterocycles. The minimum atomic E-state index is -0.588. The molecule has 27 heavy (non-hydrogen) atoms. The zero-order valence-electron chi connectivity index (χ0n) is 13.9. The lowest BCUT2D eigenvalue weighted by Gasteiger charge is -2.24. The molecule has 2 amide bonds. The van der Waals surface area contributed by atoms with Gasteiger partial charge in [-0.2, -0.15) is 0 Å². The second-order valence-corrected chi connectivity index (χ2v) is 6.37. The van der Waals surface area contributed by atoms with E-state index in [1.807, 2.05) is 0 Å². The number of rotatable bonds is 2. The predicted molar refractivity (Wildman–Crippen MR) is 102 cm³/mol. The number of carbonyl (C=O) groups is 2. The van der Waals surface area contributed by atoms with Crippen molar-refractivity contribution in [2.75, 3.05) is 7.05 Å². The number of amides is 2. The maximum absolute atomic E-state index is 12.4. The first-order valence-electron chi connectivity index (χ1n) is 7.86.